The van der Waals surface area contributed by atoms with Gasteiger partial charge >= 0.3 is 12.1 Å². The van der Waals surface area contributed by atoms with Crippen molar-refractivity contribution >= 4 is 11.9 Å². The number of carbonyl (C=O) groups is 2. The Hall–Kier alpha value is -5.32. The number of carboxylic acid groups (broad SMARTS) is 1. The summed E-state index contributed by atoms with van der Waals surface area (Å²) in [4.78, 5) is 39.2. The zero-order valence-corrected chi connectivity index (χ0v) is 27.5. The molecule has 0 spiro atoms. The summed E-state index contributed by atoms with van der Waals surface area (Å²) in [5, 5.41) is 16.1. The number of rotatable bonds is 12. The molecule has 0 aliphatic carbocycles. The maximum absolute atomic E-state index is 16.4. The number of amides is 1. The lowest BCUT2D eigenvalue weighted by Crippen LogP contribution is -2.41. The SMILES string of the molecule is C#Cc1cc(-c2c(C)cc(F)cc2C)c(F)c([C@@H](CC(=O)O)NC(=O)[C@H](CC(C)C)n2cc(CCn3cccn3)c(C(F)(F)F)cc2=O)c1F. The second-order valence-corrected chi connectivity index (χ2v) is 12.4. The number of hydrogen-bond donors (Lipinski definition) is 2. The Morgan fingerprint density at radius 3 is 2.26 bits per heavy atom. The Bertz CT molecular complexity index is 1990. The van der Waals surface area contributed by atoms with Gasteiger partial charge in [-0.3, -0.25) is 19.1 Å². The van der Waals surface area contributed by atoms with Gasteiger partial charge in [-0.25, -0.2) is 13.2 Å². The first kappa shape index (κ1) is 37.5. The zero-order chi connectivity index (χ0) is 37.1. The molecule has 0 fully saturated rings. The van der Waals surface area contributed by atoms with Crippen LogP contribution in [0.3, 0.4) is 0 Å². The lowest BCUT2D eigenvalue weighted by molar-refractivity contribution is -0.139. The first-order chi connectivity index (χ1) is 23.4. The predicted molar refractivity (Wildman–Crippen MR) is 172 cm³/mol. The predicted octanol–water partition coefficient (Wildman–Crippen LogP) is 6.91. The molecule has 2 heterocycles. The molecule has 0 unspecified atom stereocenters. The quantitative estimate of drug-likeness (QED) is 0.124. The molecule has 2 aromatic heterocycles. The van der Waals surface area contributed by atoms with E-state index in [2.05, 4.69) is 16.3 Å². The number of aromatic nitrogens is 3. The summed E-state index contributed by atoms with van der Waals surface area (Å²) in [6.07, 6.45) is 3.14. The van der Waals surface area contributed by atoms with E-state index in [1.807, 2.05) is 0 Å². The molecule has 4 aromatic rings. The van der Waals surface area contributed by atoms with Gasteiger partial charge in [-0.15, -0.1) is 6.42 Å². The largest absolute Gasteiger partial charge is 0.481 e. The maximum Gasteiger partial charge on any atom is 0.416 e. The van der Waals surface area contributed by atoms with Crippen molar-refractivity contribution < 1.29 is 41.0 Å². The van der Waals surface area contributed by atoms with Crippen molar-refractivity contribution in [1.82, 2.24) is 19.7 Å². The van der Waals surface area contributed by atoms with Gasteiger partial charge < -0.3 is 15.0 Å². The molecule has 14 heteroatoms. The Kier molecular flexibility index (Phi) is 11.3. The van der Waals surface area contributed by atoms with E-state index in [4.69, 9.17) is 6.42 Å². The monoisotopic (exact) mass is 700 g/mol. The molecule has 0 radical (unpaired) electrons. The Balaban J connectivity index is 1.85. The van der Waals surface area contributed by atoms with Gasteiger partial charge in [0.2, 0.25) is 5.91 Å². The summed E-state index contributed by atoms with van der Waals surface area (Å²) in [6, 6.07) is 1.81. The molecule has 1 amide bonds. The molecule has 0 aliphatic heterocycles. The highest BCUT2D eigenvalue weighted by Crippen LogP contribution is 2.38. The van der Waals surface area contributed by atoms with Crippen molar-refractivity contribution in [3.63, 3.8) is 0 Å². The van der Waals surface area contributed by atoms with Gasteiger partial charge in [0.25, 0.3) is 5.56 Å². The first-order valence-corrected chi connectivity index (χ1v) is 15.5. The average molecular weight is 701 g/mol. The van der Waals surface area contributed by atoms with Crippen molar-refractivity contribution in [2.24, 2.45) is 5.92 Å². The Morgan fingerprint density at radius 1 is 1.06 bits per heavy atom. The standard InChI is InChI=1S/C36H34F6N4O4/c1-6-22-15-25(31-20(4)13-24(37)14-21(31)5)34(39)32(33(22)38)27(17-30(48)49)44-35(50)28(12-19(2)3)46-18-23(8-11-45-10-7-9-43-45)26(16-29(46)47)36(40,41)42/h1,7,9-10,13-16,18-19,27-28H,8,11-12,17H2,2-5H3,(H,44,50)(H,48,49)/t27-,28+/m1/s1. The minimum atomic E-state index is -4.91. The Labute approximate surface area is 283 Å². The van der Waals surface area contributed by atoms with Crippen LogP contribution in [0.5, 0.6) is 0 Å². The number of benzene rings is 2. The summed E-state index contributed by atoms with van der Waals surface area (Å²) in [7, 11) is 0. The number of aryl methyl sites for hydroxylation is 4. The van der Waals surface area contributed by atoms with Crippen LogP contribution in [0.4, 0.5) is 26.3 Å². The molecule has 0 saturated carbocycles. The number of hydrogen-bond acceptors (Lipinski definition) is 4. The van der Waals surface area contributed by atoms with Gasteiger partial charge in [-0.05, 0) is 79.1 Å². The third-order valence-electron chi connectivity index (χ3n) is 8.17. The van der Waals surface area contributed by atoms with E-state index in [1.54, 1.807) is 26.1 Å². The van der Waals surface area contributed by atoms with E-state index in [1.165, 1.54) is 24.7 Å². The van der Waals surface area contributed by atoms with Crippen LogP contribution in [-0.2, 0) is 28.7 Å². The number of alkyl halides is 3. The molecular formula is C36H34F6N4O4. The minimum Gasteiger partial charge on any atom is -0.481 e. The highest BCUT2D eigenvalue weighted by molar-refractivity contribution is 5.82. The number of carbonyl (C=O) groups excluding carboxylic acids is 1. The van der Waals surface area contributed by atoms with Crippen molar-refractivity contribution in [3.8, 4) is 23.5 Å². The second kappa shape index (κ2) is 15.1. The van der Waals surface area contributed by atoms with E-state index < -0.39 is 76.3 Å². The summed E-state index contributed by atoms with van der Waals surface area (Å²) >= 11 is 0. The number of halogens is 6. The van der Waals surface area contributed by atoms with Gasteiger partial charge in [0.1, 0.15) is 23.5 Å². The highest BCUT2D eigenvalue weighted by atomic mass is 19.4. The van der Waals surface area contributed by atoms with Gasteiger partial charge in [0.15, 0.2) is 0 Å². The zero-order valence-electron chi connectivity index (χ0n) is 27.5. The average Bonchev–Trinajstić information content (AvgIpc) is 3.53. The molecule has 0 bridgehead atoms. The van der Waals surface area contributed by atoms with Crippen LogP contribution in [0, 0.1) is 49.6 Å². The van der Waals surface area contributed by atoms with Crippen LogP contribution >= 0.6 is 0 Å². The summed E-state index contributed by atoms with van der Waals surface area (Å²) in [5.41, 5.74) is -3.62. The van der Waals surface area contributed by atoms with E-state index in [0.29, 0.717) is 6.07 Å². The van der Waals surface area contributed by atoms with Gasteiger partial charge in [-0.1, -0.05) is 19.8 Å². The third kappa shape index (κ3) is 8.27. The van der Waals surface area contributed by atoms with Gasteiger partial charge in [-0.2, -0.15) is 18.3 Å². The van der Waals surface area contributed by atoms with Crippen LogP contribution in [0.1, 0.15) is 72.2 Å². The van der Waals surface area contributed by atoms with Crippen molar-refractivity contribution in [2.75, 3.05) is 0 Å². The minimum absolute atomic E-state index is 0.00935. The van der Waals surface area contributed by atoms with E-state index >= 15 is 8.78 Å². The Morgan fingerprint density at radius 2 is 1.72 bits per heavy atom. The van der Waals surface area contributed by atoms with Crippen molar-refractivity contribution in [3.05, 3.63) is 110 Å². The molecule has 2 aromatic carbocycles. The molecule has 2 atom stereocenters. The molecule has 50 heavy (non-hydrogen) atoms. The van der Waals surface area contributed by atoms with E-state index in [-0.39, 0.29) is 53.1 Å². The molecule has 8 nitrogen and oxygen atoms in total. The lowest BCUT2D eigenvalue weighted by atomic mass is 9.89. The van der Waals surface area contributed by atoms with Crippen LogP contribution in [0.15, 0.2) is 53.7 Å². The van der Waals surface area contributed by atoms with Gasteiger partial charge in [0, 0.05) is 42.3 Å². The summed E-state index contributed by atoms with van der Waals surface area (Å²) in [5.74, 6) is -4.09. The first-order valence-electron chi connectivity index (χ1n) is 15.5. The molecule has 0 aliphatic rings. The smallest absolute Gasteiger partial charge is 0.416 e. The summed E-state index contributed by atoms with van der Waals surface area (Å²) in [6.45, 7) is 6.34. The third-order valence-corrected chi connectivity index (χ3v) is 8.17. The van der Waals surface area contributed by atoms with Crippen LogP contribution in [-0.4, -0.2) is 31.3 Å². The highest BCUT2D eigenvalue weighted by Gasteiger charge is 2.36. The lowest BCUT2D eigenvalue weighted by Gasteiger charge is -2.27. The number of nitrogens with zero attached hydrogens (tertiary/aromatic N) is 3. The number of terminal acetylenes is 1. The second-order valence-electron chi connectivity index (χ2n) is 12.4. The van der Waals surface area contributed by atoms with E-state index in [0.717, 1.165) is 29.0 Å². The number of nitrogens with one attached hydrogen (secondary N) is 1. The van der Waals surface area contributed by atoms with Crippen molar-refractivity contribution in [2.45, 2.75) is 71.8 Å². The van der Waals surface area contributed by atoms with Crippen LogP contribution in [0.25, 0.3) is 11.1 Å². The molecule has 2 N–H and O–H groups in total. The molecule has 264 valence electrons. The number of carboxylic acids is 1. The van der Waals surface area contributed by atoms with E-state index in [9.17, 15) is 37.1 Å². The fourth-order valence-corrected chi connectivity index (χ4v) is 6.01. The fraction of sp³-hybridized carbons (Fsp3) is 0.333. The van der Waals surface area contributed by atoms with Crippen LogP contribution < -0.4 is 10.9 Å². The summed E-state index contributed by atoms with van der Waals surface area (Å²) < 4.78 is 90.7. The van der Waals surface area contributed by atoms with Crippen molar-refractivity contribution in [1.29, 1.82) is 0 Å². The molecule has 0 saturated heterocycles. The normalized spacial score (nSPS) is 12.8. The number of pyridine rings is 1. The maximum atomic E-state index is 16.4. The molecule has 4 rings (SSSR count). The fourth-order valence-electron chi connectivity index (χ4n) is 6.01. The molecular weight excluding hydrogens is 666 g/mol. The number of aliphatic carboxylic acids is 1. The topological polar surface area (TPSA) is 106 Å². The van der Waals surface area contributed by atoms with Gasteiger partial charge in [0.05, 0.1) is 23.6 Å². The van der Waals surface area contributed by atoms with Crippen LogP contribution in [0.2, 0.25) is 0 Å².